The molecule has 6 rings (SSSR count). The fourth-order valence-electron chi connectivity index (χ4n) is 5.51. The third kappa shape index (κ3) is 6.13. The second-order valence-electron chi connectivity index (χ2n) is 10.9. The minimum absolute atomic E-state index is 0.0852. The van der Waals surface area contributed by atoms with Crippen LogP contribution in [0.15, 0.2) is 114 Å². The number of ketones is 1. The van der Waals surface area contributed by atoms with Crippen molar-refractivity contribution in [2.24, 2.45) is 0 Å². The topological polar surface area (TPSA) is 85.4 Å². The lowest BCUT2D eigenvalue weighted by atomic mass is 10.00. The van der Waals surface area contributed by atoms with Crippen LogP contribution in [0.4, 0.5) is 14.5 Å². The maximum Gasteiger partial charge on any atom is 0.269 e. The minimum Gasteiger partial charge on any atom is -0.334 e. The third-order valence-electron chi connectivity index (χ3n) is 7.74. The number of nitrogens with zero attached hydrogens (tertiary/aromatic N) is 3. The number of carbonyl (C=O) groups excluding carboxylic acids is 1. The Balaban J connectivity index is 1.60. The average Bonchev–Trinajstić information content (AvgIpc) is 3.44. The van der Waals surface area contributed by atoms with Crippen LogP contribution < -0.4 is 5.43 Å². The lowest BCUT2D eigenvalue weighted by Gasteiger charge is -2.18. The molecule has 0 bridgehead atoms. The van der Waals surface area contributed by atoms with E-state index in [1.165, 1.54) is 35.7 Å². The molecule has 46 heavy (non-hydrogen) atoms. The van der Waals surface area contributed by atoms with Gasteiger partial charge < -0.3 is 4.57 Å². The zero-order valence-electron chi connectivity index (χ0n) is 24.7. The highest BCUT2D eigenvalue weighted by Crippen LogP contribution is 2.39. The lowest BCUT2D eigenvalue weighted by Crippen LogP contribution is -2.22. The summed E-state index contributed by atoms with van der Waals surface area (Å²) < 4.78 is 31.4. The molecule has 0 unspecified atom stereocenters. The number of aromatic nitrogens is 1. The highest BCUT2D eigenvalue weighted by Gasteiger charge is 2.26. The summed E-state index contributed by atoms with van der Waals surface area (Å²) >= 11 is 1.24. The Morgan fingerprint density at radius 3 is 2.11 bits per heavy atom. The van der Waals surface area contributed by atoms with Crippen LogP contribution >= 0.6 is 11.3 Å². The van der Waals surface area contributed by atoms with Crippen molar-refractivity contribution < 1.29 is 18.5 Å². The van der Waals surface area contributed by atoms with E-state index in [0.29, 0.717) is 32.9 Å². The molecule has 2 heterocycles. The SMILES string of the molecule is CN(Cc1ccccc1)Cc1c(-c2ccc([N+](=O)[O-])cc2)sc2c1c(=O)c(C(=O)c1ccccc1)cn2Cc1c(F)cccc1F. The molecule has 0 aliphatic rings. The Kier molecular flexibility index (Phi) is 8.65. The first-order valence-corrected chi connectivity index (χ1v) is 15.2. The van der Waals surface area contributed by atoms with Crippen molar-refractivity contribution in [1.29, 1.82) is 0 Å². The molecule has 4 aromatic carbocycles. The van der Waals surface area contributed by atoms with Crippen molar-refractivity contribution in [2.75, 3.05) is 7.05 Å². The first kappa shape index (κ1) is 30.7. The van der Waals surface area contributed by atoms with Crippen molar-refractivity contribution in [3.8, 4) is 10.4 Å². The summed E-state index contributed by atoms with van der Waals surface area (Å²) in [6.07, 6.45) is 1.37. The number of benzene rings is 4. The summed E-state index contributed by atoms with van der Waals surface area (Å²) in [7, 11) is 1.91. The standard InChI is InChI=1S/C36H27F2N3O4S/c1-39(19-23-9-4-2-5-10-23)20-28-32-34(43)29(33(42)24-11-6-3-7-12-24)22-40(21-27-30(37)13-8-14-31(27)38)36(32)46-35(28)25-15-17-26(18-16-25)41(44)45/h2-18,22H,19-21H2,1H3. The number of rotatable bonds is 10. The molecule has 0 fully saturated rings. The molecule has 10 heteroatoms. The van der Waals surface area contributed by atoms with E-state index in [1.807, 2.05) is 42.3 Å². The van der Waals surface area contributed by atoms with Crippen LogP contribution in [0.25, 0.3) is 20.7 Å². The third-order valence-corrected chi connectivity index (χ3v) is 9.06. The van der Waals surface area contributed by atoms with Crippen LogP contribution in [0.2, 0.25) is 0 Å². The number of carbonyl (C=O) groups is 1. The Bertz CT molecular complexity index is 2110. The van der Waals surface area contributed by atoms with Gasteiger partial charge in [0.05, 0.1) is 22.4 Å². The van der Waals surface area contributed by atoms with Gasteiger partial charge in [-0.15, -0.1) is 11.3 Å². The molecule has 230 valence electrons. The fraction of sp³-hybridized carbons (Fsp3) is 0.111. The summed E-state index contributed by atoms with van der Waals surface area (Å²) in [5.41, 5.74) is 1.68. The van der Waals surface area contributed by atoms with E-state index in [9.17, 15) is 28.5 Å². The number of non-ortho nitro benzene ring substituents is 1. The predicted molar refractivity (Wildman–Crippen MR) is 175 cm³/mol. The van der Waals surface area contributed by atoms with E-state index in [2.05, 4.69) is 0 Å². The van der Waals surface area contributed by atoms with E-state index in [0.717, 1.165) is 17.7 Å². The minimum atomic E-state index is -0.752. The normalized spacial score (nSPS) is 11.3. The largest absolute Gasteiger partial charge is 0.334 e. The average molecular weight is 636 g/mol. The molecule has 0 saturated carbocycles. The van der Waals surface area contributed by atoms with Crippen molar-refractivity contribution in [1.82, 2.24) is 9.47 Å². The van der Waals surface area contributed by atoms with Crippen LogP contribution in [-0.2, 0) is 19.6 Å². The Morgan fingerprint density at radius 1 is 0.848 bits per heavy atom. The molecule has 0 radical (unpaired) electrons. The zero-order valence-corrected chi connectivity index (χ0v) is 25.5. The van der Waals surface area contributed by atoms with Gasteiger partial charge in [0.1, 0.15) is 16.5 Å². The fourth-order valence-corrected chi connectivity index (χ4v) is 6.80. The highest BCUT2D eigenvalue weighted by molar-refractivity contribution is 7.22. The molecular formula is C36H27F2N3O4S. The first-order valence-electron chi connectivity index (χ1n) is 14.4. The smallest absolute Gasteiger partial charge is 0.269 e. The molecule has 6 aromatic rings. The molecule has 0 saturated heterocycles. The molecule has 7 nitrogen and oxygen atoms in total. The second-order valence-corrected chi connectivity index (χ2v) is 11.9. The maximum atomic E-state index is 14.9. The molecule has 0 aliphatic carbocycles. The van der Waals surface area contributed by atoms with Gasteiger partial charge in [0.25, 0.3) is 5.69 Å². The number of nitro groups is 1. The lowest BCUT2D eigenvalue weighted by molar-refractivity contribution is -0.384. The van der Waals surface area contributed by atoms with Crippen molar-refractivity contribution in [2.45, 2.75) is 19.6 Å². The second kappa shape index (κ2) is 13.0. The van der Waals surface area contributed by atoms with Crippen LogP contribution in [0.5, 0.6) is 0 Å². The first-order chi connectivity index (χ1) is 22.2. The Hall–Kier alpha value is -5.32. The molecule has 0 atom stereocenters. The number of hydrogen-bond donors (Lipinski definition) is 0. The van der Waals surface area contributed by atoms with E-state index in [4.69, 9.17) is 0 Å². The van der Waals surface area contributed by atoms with E-state index >= 15 is 0 Å². The van der Waals surface area contributed by atoms with Crippen molar-refractivity contribution in [3.05, 3.63) is 169 Å². The number of thiophene rings is 1. The maximum absolute atomic E-state index is 14.9. The summed E-state index contributed by atoms with van der Waals surface area (Å²) in [5.74, 6) is -2.02. The Morgan fingerprint density at radius 2 is 1.48 bits per heavy atom. The van der Waals surface area contributed by atoms with Crippen LogP contribution in [-0.4, -0.2) is 27.2 Å². The molecule has 2 aromatic heterocycles. The van der Waals surface area contributed by atoms with Gasteiger partial charge in [-0.3, -0.25) is 24.6 Å². The van der Waals surface area contributed by atoms with Gasteiger partial charge in [0, 0.05) is 47.4 Å². The van der Waals surface area contributed by atoms with E-state index < -0.39 is 27.8 Å². The van der Waals surface area contributed by atoms with Crippen LogP contribution in [0, 0.1) is 21.7 Å². The zero-order chi connectivity index (χ0) is 32.4. The van der Waals surface area contributed by atoms with Crippen molar-refractivity contribution >= 4 is 33.0 Å². The van der Waals surface area contributed by atoms with Gasteiger partial charge >= 0.3 is 0 Å². The molecule has 0 aliphatic heterocycles. The quantitative estimate of drug-likeness (QED) is 0.0870. The monoisotopic (exact) mass is 635 g/mol. The van der Waals surface area contributed by atoms with Crippen molar-refractivity contribution in [3.63, 3.8) is 0 Å². The van der Waals surface area contributed by atoms with Gasteiger partial charge in [-0.1, -0.05) is 66.7 Å². The number of nitro benzene ring substituents is 1. The van der Waals surface area contributed by atoms with Crippen LogP contribution in [0.1, 0.15) is 32.6 Å². The van der Waals surface area contributed by atoms with Crippen LogP contribution in [0.3, 0.4) is 0 Å². The number of pyridine rings is 1. The highest BCUT2D eigenvalue weighted by atomic mass is 32.1. The number of fused-ring (bicyclic) bond motifs is 1. The summed E-state index contributed by atoms with van der Waals surface area (Å²) in [5, 5.41) is 11.6. The number of hydrogen-bond acceptors (Lipinski definition) is 6. The molecule has 0 N–H and O–H groups in total. The molecule has 0 spiro atoms. The molecular weight excluding hydrogens is 608 g/mol. The summed E-state index contributed by atoms with van der Waals surface area (Å²) in [6, 6.07) is 27.8. The summed E-state index contributed by atoms with van der Waals surface area (Å²) in [6.45, 7) is 0.562. The Labute approximate surface area is 266 Å². The van der Waals surface area contributed by atoms with Gasteiger partial charge in [-0.2, -0.15) is 0 Å². The predicted octanol–water partition coefficient (Wildman–Crippen LogP) is 7.83. The van der Waals surface area contributed by atoms with E-state index in [-0.39, 0.29) is 35.3 Å². The van der Waals surface area contributed by atoms with Gasteiger partial charge in [0.2, 0.25) is 5.43 Å². The number of halogens is 2. The van der Waals surface area contributed by atoms with Gasteiger partial charge in [0.15, 0.2) is 5.78 Å². The summed E-state index contributed by atoms with van der Waals surface area (Å²) in [4.78, 5) is 42.1. The van der Waals surface area contributed by atoms with Gasteiger partial charge in [-0.05, 0) is 48.0 Å². The molecule has 0 amide bonds. The van der Waals surface area contributed by atoms with E-state index in [1.54, 1.807) is 47.0 Å². The van der Waals surface area contributed by atoms with Gasteiger partial charge in [-0.25, -0.2) is 8.78 Å².